The Labute approximate surface area is 86.2 Å². The molecule has 2 heteroatoms. The molecule has 78 valence electrons. The molecule has 0 fully saturated rings. The zero-order chi connectivity index (χ0) is 10.6. The van der Waals surface area contributed by atoms with Crippen molar-refractivity contribution in [2.75, 3.05) is 19.0 Å². The highest BCUT2D eigenvalue weighted by Gasteiger charge is 2.02. The molecule has 2 nitrogen and oxygen atoms in total. The fraction of sp³-hybridized carbons (Fsp3) is 0.500. The van der Waals surface area contributed by atoms with Crippen LogP contribution in [0.3, 0.4) is 0 Å². The van der Waals surface area contributed by atoms with Crippen molar-refractivity contribution >= 4 is 5.69 Å². The molecule has 0 amide bonds. The molecule has 0 saturated heterocycles. The molecule has 14 heavy (non-hydrogen) atoms. The molecule has 0 heterocycles. The van der Waals surface area contributed by atoms with Crippen LogP contribution in [0.1, 0.15) is 18.9 Å². The summed E-state index contributed by atoms with van der Waals surface area (Å²) >= 11 is 0. The lowest BCUT2D eigenvalue weighted by Crippen LogP contribution is -2.10. The summed E-state index contributed by atoms with van der Waals surface area (Å²) in [5.41, 5.74) is 2.39. The third-order valence-electron chi connectivity index (χ3n) is 2.40. The molecular weight excluding hydrogens is 174 g/mol. The molecule has 0 saturated carbocycles. The molecule has 0 unspecified atom stereocenters. The summed E-state index contributed by atoms with van der Waals surface area (Å²) in [6.45, 7) is 2.00. The van der Waals surface area contributed by atoms with Gasteiger partial charge in [-0.1, -0.05) is 19.1 Å². The minimum absolute atomic E-state index is 0.208. The lowest BCUT2D eigenvalue weighted by Gasteiger charge is -2.13. The molecule has 1 aromatic carbocycles. The smallest absolute Gasteiger partial charge is 0.0577 e. The molecule has 0 bridgehead atoms. The van der Waals surface area contributed by atoms with E-state index in [1.54, 1.807) is 0 Å². The molecule has 1 rings (SSSR count). The number of aliphatic hydroxyl groups excluding tert-OH is 1. The van der Waals surface area contributed by atoms with Crippen molar-refractivity contribution in [1.29, 1.82) is 0 Å². The fourth-order valence-corrected chi connectivity index (χ4v) is 1.35. The highest BCUT2D eigenvalue weighted by Crippen LogP contribution is 2.13. The predicted octanol–water partition coefficient (Wildman–Crippen LogP) is 2.07. The van der Waals surface area contributed by atoms with Crippen molar-refractivity contribution in [2.24, 2.45) is 0 Å². The van der Waals surface area contributed by atoms with E-state index in [1.807, 2.05) is 21.0 Å². The van der Waals surface area contributed by atoms with Gasteiger partial charge in [0.1, 0.15) is 0 Å². The average molecular weight is 193 g/mol. The standard InChI is InChI=1S/C12H19NO/c1-4-12(14)9-10-5-7-11(8-6-10)13(2)3/h5-8,12,14H,4,9H2,1-3H3/t12-/m0/s1. The summed E-state index contributed by atoms with van der Waals surface area (Å²) in [5, 5.41) is 9.48. The van der Waals surface area contributed by atoms with Crippen molar-refractivity contribution in [3.63, 3.8) is 0 Å². The monoisotopic (exact) mass is 193 g/mol. The van der Waals surface area contributed by atoms with Gasteiger partial charge in [-0.2, -0.15) is 0 Å². The van der Waals surface area contributed by atoms with Crippen LogP contribution in [0.25, 0.3) is 0 Å². The van der Waals surface area contributed by atoms with Crippen molar-refractivity contribution in [1.82, 2.24) is 0 Å². The van der Waals surface area contributed by atoms with Crippen LogP contribution in [0.4, 0.5) is 5.69 Å². The highest BCUT2D eigenvalue weighted by molar-refractivity contribution is 5.46. The molecule has 0 aliphatic heterocycles. The largest absolute Gasteiger partial charge is 0.393 e. The Balaban J connectivity index is 2.64. The van der Waals surface area contributed by atoms with Crippen LogP contribution in [0.5, 0.6) is 0 Å². The normalized spacial score (nSPS) is 12.6. The topological polar surface area (TPSA) is 23.5 Å². The van der Waals surface area contributed by atoms with E-state index in [-0.39, 0.29) is 6.10 Å². The lowest BCUT2D eigenvalue weighted by atomic mass is 10.1. The Morgan fingerprint density at radius 2 is 1.79 bits per heavy atom. The maximum atomic E-state index is 9.48. The number of aliphatic hydroxyl groups is 1. The van der Waals surface area contributed by atoms with Crippen LogP contribution in [-0.2, 0) is 6.42 Å². The Morgan fingerprint density at radius 1 is 1.21 bits per heavy atom. The van der Waals surface area contributed by atoms with Gasteiger partial charge in [0.05, 0.1) is 6.10 Å². The van der Waals surface area contributed by atoms with Gasteiger partial charge in [0.25, 0.3) is 0 Å². The first kappa shape index (κ1) is 11.1. The average Bonchev–Trinajstić information content (AvgIpc) is 2.18. The summed E-state index contributed by atoms with van der Waals surface area (Å²) in [4.78, 5) is 2.07. The third-order valence-corrected chi connectivity index (χ3v) is 2.40. The van der Waals surface area contributed by atoms with Gasteiger partial charge >= 0.3 is 0 Å². The summed E-state index contributed by atoms with van der Waals surface area (Å²) < 4.78 is 0. The van der Waals surface area contributed by atoms with Crippen LogP contribution in [0.2, 0.25) is 0 Å². The van der Waals surface area contributed by atoms with Crippen molar-refractivity contribution in [3.8, 4) is 0 Å². The second-order valence-corrected chi connectivity index (χ2v) is 3.83. The number of hydrogen-bond donors (Lipinski definition) is 1. The van der Waals surface area contributed by atoms with E-state index >= 15 is 0 Å². The first-order valence-electron chi connectivity index (χ1n) is 5.07. The lowest BCUT2D eigenvalue weighted by molar-refractivity contribution is 0.171. The molecule has 1 N–H and O–H groups in total. The zero-order valence-corrected chi connectivity index (χ0v) is 9.20. The van der Waals surface area contributed by atoms with Crippen LogP contribution in [-0.4, -0.2) is 25.3 Å². The van der Waals surface area contributed by atoms with Crippen LogP contribution in [0, 0.1) is 0 Å². The number of benzene rings is 1. The second-order valence-electron chi connectivity index (χ2n) is 3.83. The van der Waals surface area contributed by atoms with Crippen LogP contribution >= 0.6 is 0 Å². The van der Waals surface area contributed by atoms with E-state index in [2.05, 4.69) is 29.2 Å². The minimum Gasteiger partial charge on any atom is -0.393 e. The molecule has 0 aliphatic rings. The van der Waals surface area contributed by atoms with E-state index < -0.39 is 0 Å². The highest BCUT2D eigenvalue weighted by atomic mass is 16.3. The van der Waals surface area contributed by atoms with Gasteiger partial charge in [0.15, 0.2) is 0 Å². The third kappa shape index (κ3) is 3.04. The SMILES string of the molecule is CC[C@H](O)Cc1ccc(N(C)C)cc1. The zero-order valence-electron chi connectivity index (χ0n) is 9.20. The van der Waals surface area contributed by atoms with E-state index in [1.165, 1.54) is 11.3 Å². The molecule has 1 atom stereocenters. The number of nitrogens with zero attached hydrogens (tertiary/aromatic N) is 1. The van der Waals surface area contributed by atoms with E-state index in [4.69, 9.17) is 0 Å². The Morgan fingerprint density at radius 3 is 2.21 bits per heavy atom. The van der Waals surface area contributed by atoms with Gasteiger partial charge in [-0.05, 0) is 30.5 Å². The number of anilines is 1. The molecule has 0 radical (unpaired) electrons. The van der Waals surface area contributed by atoms with Gasteiger partial charge in [0.2, 0.25) is 0 Å². The Kier molecular flexibility index (Phi) is 3.96. The summed E-state index contributed by atoms with van der Waals surface area (Å²) in [6.07, 6.45) is 1.36. The second kappa shape index (κ2) is 5.01. The Bertz CT molecular complexity index is 266. The summed E-state index contributed by atoms with van der Waals surface area (Å²) in [6, 6.07) is 8.32. The quantitative estimate of drug-likeness (QED) is 0.791. The van der Waals surface area contributed by atoms with Crippen molar-refractivity contribution < 1.29 is 5.11 Å². The summed E-state index contributed by atoms with van der Waals surface area (Å²) in [5.74, 6) is 0. The maximum Gasteiger partial charge on any atom is 0.0577 e. The van der Waals surface area contributed by atoms with Gasteiger partial charge in [-0.3, -0.25) is 0 Å². The van der Waals surface area contributed by atoms with E-state index in [0.29, 0.717) is 0 Å². The molecule has 0 aromatic heterocycles. The van der Waals surface area contributed by atoms with Crippen LogP contribution in [0.15, 0.2) is 24.3 Å². The maximum absolute atomic E-state index is 9.48. The fourth-order valence-electron chi connectivity index (χ4n) is 1.35. The van der Waals surface area contributed by atoms with Gasteiger partial charge in [0, 0.05) is 19.8 Å². The Hall–Kier alpha value is -1.02. The first-order valence-corrected chi connectivity index (χ1v) is 5.07. The molecule has 1 aromatic rings. The number of rotatable bonds is 4. The van der Waals surface area contributed by atoms with Crippen LogP contribution < -0.4 is 4.90 Å². The van der Waals surface area contributed by atoms with Gasteiger partial charge in [-0.15, -0.1) is 0 Å². The van der Waals surface area contributed by atoms with Gasteiger partial charge in [-0.25, -0.2) is 0 Å². The van der Waals surface area contributed by atoms with Crippen molar-refractivity contribution in [3.05, 3.63) is 29.8 Å². The van der Waals surface area contributed by atoms with E-state index in [9.17, 15) is 5.11 Å². The first-order chi connectivity index (χ1) is 6.63. The molecular formula is C12H19NO. The number of hydrogen-bond acceptors (Lipinski definition) is 2. The molecule has 0 aliphatic carbocycles. The van der Waals surface area contributed by atoms with E-state index in [0.717, 1.165) is 12.8 Å². The van der Waals surface area contributed by atoms with Crippen molar-refractivity contribution in [2.45, 2.75) is 25.9 Å². The summed E-state index contributed by atoms with van der Waals surface area (Å²) in [7, 11) is 4.05. The minimum atomic E-state index is -0.208. The molecule has 0 spiro atoms. The van der Waals surface area contributed by atoms with Gasteiger partial charge < -0.3 is 10.0 Å². The predicted molar refractivity (Wildman–Crippen MR) is 60.8 cm³/mol.